The Balaban J connectivity index is 2.01. The van der Waals surface area contributed by atoms with Gasteiger partial charge in [-0.05, 0) is 23.8 Å². The first-order valence-corrected chi connectivity index (χ1v) is 9.32. The number of rotatable bonds is 8. The molecule has 2 rings (SSSR count). The predicted octanol–water partition coefficient (Wildman–Crippen LogP) is 1.04. The summed E-state index contributed by atoms with van der Waals surface area (Å²) >= 11 is 0. The molecule has 2 aromatic rings. The molecule has 0 heterocycles. The largest absolute Gasteiger partial charge is 0.595 e. The first-order valence-electron chi connectivity index (χ1n) is 9.32. The van der Waals surface area contributed by atoms with Crippen LogP contribution in [0, 0.1) is 5.21 Å². The van der Waals surface area contributed by atoms with Gasteiger partial charge < -0.3 is 24.6 Å². The Bertz CT molecular complexity index is 881. The van der Waals surface area contributed by atoms with Crippen LogP contribution in [0.2, 0.25) is 0 Å². The maximum Gasteiger partial charge on any atom is 0.340 e. The van der Waals surface area contributed by atoms with Crippen LogP contribution < -0.4 is 15.0 Å². The Kier molecular flexibility index (Phi) is 7.76. The summed E-state index contributed by atoms with van der Waals surface area (Å²) in [6.07, 6.45) is 0. The number of benzene rings is 2. The van der Waals surface area contributed by atoms with E-state index in [0.717, 1.165) is 11.3 Å². The Morgan fingerprint density at radius 3 is 2.17 bits per heavy atom. The fourth-order valence-corrected chi connectivity index (χ4v) is 2.80. The molecule has 0 spiro atoms. The monoisotopic (exact) mass is 416 g/mol. The minimum atomic E-state index is -1.15. The highest BCUT2D eigenvalue weighted by Crippen LogP contribution is 2.22. The van der Waals surface area contributed by atoms with Crippen molar-refractivity contribution in [2.45, 2.75) is 6.54 Å². The highest BCUT2D eigenvalue weighted by Gasteiger charge is 2.19. The summed E-state index contributed by atoms with van der Waals surface area (Å²) in [5.41, 5.74) is 2.58. The van der Waals surface area contributed by atoms with E-state index in [1.165, 1.54) is 23.1 Å². The van der Waals surface area contributed by atoms with Crippen molar-refractivity contribution in [2.75, 3.05) is 51.6 Å². The van der Waals surface area contributed by atoms with Gasteiger partial charge in [0.15, 0.2) is 12.3 Å². The second-order valence-electron chi connectivity index (χ2n) is 7.32. The van der Waals surface area contributed by atoms with Crippen molar-refractivity contribution in [1.29, 1.82) is 0 Å². The van der Waals surface area contributed by atoms with Gasteiger partial charge in [-0.25, -0.2) is 10.0 Å². The van der Waals surface area contributed by atoms with Crippen molar-refractivity contribution in [2.24, 2.45) is 0 Å². The van der Waals surface area contributed by atoms with Crippen molar-refractivity contribution < 1.29 is 24.8 Å². The van der Waals surface area contributed by atoms with E-state index in [-0.39, 0.29) is 17.2 Å². The third kappa shape index (κ3) is 5.93. The molecule has 1 amide bonds. The Labute approximate surface area is 176 Å². The highest BCUT2D eigenvalue weighted by atomic mass is 16.8. The van der Waals surface area contributed by atoms with Crippen LogP contribution in [0.25, 0.3) is 0 Å². The molecule has 9 heteroatoms. The molecule has 0 fully saturated rings. The molecule has 0 aromatic heterocycles. The zero-order valence-electron chi connectivity index (χ0n) is 17.9. The number of amides is 1. The summed E-state index contributed by atoms with van der Waals surface area (Å²) < 4.78 is 5.17. The van der Waals surface area contributed by atoms with Gasteiger partial charge in [-0.2, -0.15) is 5.23 Å². The normalized spacial score (nSPS) is 11.6. The summed E-state index contributed by atoms with van der Waals surface area (Å²) in [7, 11) is 8.99. The number of anilines is 2. The lowest BCUT2D eigenvalue weighted by Crippen LogP contribution is -2.99. The van der Waals surface area contributed by atoms with Crippen LogP contribution in [0.3, 0.4) is 0 Å². The molecule has 30 heavy (non-hydrogen) atoms. The maximum absolute atomic E-state index is 12.5. The fraction of sp³-hybridized carbons (Fsp3) is 0.333. The molecule has 1 atom stereocenters. The second kappa shape index (κ2) is 10.1. The van der Waals surface area contributed by atoms with Crippen LogP contribution in [-0.4, -0.2) is 63.8 Å². The molecule has 162 valence electrons. The molecule has 2 N–H and O–H groups in total. The molecule has 2 aromatic carbocycles. The molecule has 0 saturated heterocycles. The second-order valence-corrected chi connectivity index (χ2v) is 7.32. The number of esters is 1. The van der Waals surface area contributed by atoms with Gasteiger partial charge in [0.2, 0.25) is 0 Å². The number of nitrogens with one attached hydrogen (secondary N) is 1. The lowest BCUT2D eigenvalue weighted by atomic mass is 10.1. The minimum Gasteiger partial charge on any atom is -0.595 e. The average molecular weight is 416 g/mol. The molecule has 0 bridgehead atoms. The standard InChI is InChI=1S/C21H28N4O5/c1-22(2)16-8-6-15(7-9-16)13-24(5)20(26)14-30-21(27)18-12-17(25(28)29)10-11-19(18)23(3)4/h6-12,25,28H,13-14H2,1-5H3. The number of carbonyl (C=O) groups is 2. The summed E-state index contributed by atoms with van der Waals surface area (Å²) in [5.74, 6) is -1.11. The van der Waals surface area contributed by atoms with Crippen molar-refractivity contribution in [3.05, 3.63) is 58.8 Å². The van der Waals surface area contributed by atoms with Crippen LogP contribution in [0.15, 0.2) is 42.5 Å². The molecule has 0 aliphatic carbocycles. The van der Waals surface area contributed by atoms with Gasteiger partial charge >= 0.3 is 5.97 Å². The first-order chi connectivity index (χ1) is 14.1. The zero-order valence-corrected chi connectivity index (χ0v) is 17.9. The maximum atomic E-state index is 12.5. The van der Waals surface area contributed by atoms with Gasteiger partial charge in [0.1, 0.15) is 0 Å². The van der Waals surface area contributed by atoms with E-state index in [1.807, 2.05) is 43.3 Å². The van der Waals surface area contributed by atoms with Gasteiger partial charge in [-0.15, -0.1) is 0 Å². The predicted molar refractivity (Wildman–Crippen MR) is 114 cm³/mol. The number of quaternary nitrogens is 1. The Morgan fingerprint density at radius 1 is 1.00 bits per heavy atom. The van der Waals surface area contributed by atoms with Crippen LogP contribution in [-0.2, 0) is 16.1 Å². The van der Waals surface area contributed by atoms with Crippen molar-refractivity contribution in [3.63, 3.8) is 0 Å². The van der Waals surface area contributed by atoms with E-state index in [1.54, 1.807) is 26.0 Å². The fourth-order valence-electron chi connectivity index (χ4n) is 2.80. The molecule has 0 radical (unpaired) electrons. The summed E-state index contributed by atoms with van der Waals surface area (Å²) in [5, 5.41) is 19.2. The van der Waals surface area contributed by atoms with Crippen LogP contribution in [0.1, 0.15) is 15.9 Å². The van der Waals surface area contributed by atoms with E-state index in [2.05, 4.69) is 0 Å². The molecule has 0 aliphatic heterocycles. The highest BCUT2D eigenvalue weighted by molar-refractivity contribution is 5.97. The van der Waals surface area contributed by atoms with Crippen molar-refractivity contribution in [1.82, 2.24) is 4.90 Å². The molecular formula is C21H28N4O5. The summed E-state index contributed by atoms with van der Waals surface area (Å²) in [6, 6.07) is 12.0. The van der Waals surface area contributed by atoms with E-state index in [4.69, 9.17) is 9.94 Å². The van der Waals surface area contributed by atoms with E-state index < -0.39 is 17.8 Å². The van der Waals surface area contributed by atoms with Crippen molar-refractivity contribution in [3.8, 4) is 0 Å². The number of likely N-dealkylation sites (N-methyl/N-ethyl adjacent to an activating group) is 1. The Morgan fingerprint density at radius 2 is 1.63 bits per heavy atom. The summed E-state index contributed by atoms with van der Waals surface area (Å²) in [4.78, 5) is 30.0. The smallest absolute Gasteiger partial charge is 0.340 e. The molecule has 0 saturated carbocycles. The van der Waals surface area contributed by atoms with Gasteiger partial charge in [0.25, 0.3) is 5.91 Å². The third-order valence-electron chi connectivity index (χ3n) is 4.57. The number of hydrogen-bond acceptors (Lipinski definition) is 7. The quantitative estimate of drug-likeness (QED) is 0.490. The molecule has 1 unspecified atom stereocenters. The van der Waals surface area contributed by atoms with Crippen molar-refractivity contribution >= 4 is 28.9 Å². The zero-order chi connectivity index (χ0) is 22.4. The SMILES string of the molecule is CN(Cc1ccc(N(C)C)cc1)C(=O)COC(=O)c1cc([NH+]([O-])O)ccc1N(C)C. The molecule has 0 aliphatic rings. The Hall–Kier alpha value is -3.14. The lowest BCUT2D eigenvalue weighted by Gasteiger charge is -2.20. The van der Waals surface area contributed by atoms with Gasteiger partial charge in [-0.3, -0.25) is 4.79 Å². The van der Waals surface area contributed by atoms with Gasteiger partial charge in [0, 0.05) is 59.6 Å². The van der Waals surface area contributed by atoms with E-state index >= 15 is 0 Å². The lowest BCUT2D eigenvalue weighted by molar-refractivity contribution is -0.991. The van der Waals surface area contributed by atoms with Gasteiger partial charge in [-0.1, -0.05) is 12.1 Å². The average Bonchev–Trinajstić information content (AvgIpc) is 2.71. The van der Waals surface area contributed by atoms with Crippen LogP contribution in [0.4, 0.5) is 17.1 Å². The number of hydrogen-bond donors (Lipinski definition) is 2. The minimum absolute atomic E-state index is 0.0304. The number of carbonyl (C=O) groups excluding carboxylic acids is 2. The molecular weight excluding hydrogens is 388 g/mol. The first kappa shape index (κ1) is 23.1. The third-order valence-corrected chi connectivity index (χ3v) is 4.57. The van der Waals surface area contributed by atoms with Crippen LogP contribution >= 0.6 is 0 Å². The molecule has 9 nitrogen and oxygen atoms in total. The number of ether oxygens (including phenoxy) is 1. The van der Waals surface area contributed by atoms with Gasteiger partial charge in [0.05, 0.1) is 11.3 Å². The van der Waals surface area contributed by atoms with E-state index in [9.17, 15) is 14.8 Å². The summed E-state index contributed by atoms with van der Waals surface area (Å²) in [6.45, 7) is -0.0587. The number of nitrogens with zero attached hydrogens (tertiary/aromatic N) is 3. The van der Waals surface area contributed by atoms with Crippen LogP contribution in [0.5, 0.6) is 0 Å². The topological polar surface area (TPSA) is 101 Å². The van der Waals surface area contributed by atoms with E-state index in [0.29, 0.717) is 12.2 Å².